The lowest BCUT2D eigenvalue weighted by Crippen LogP contribution is -2.27. The first-order valence-electron chi connectivity index (χ1n) is 7.63. The Kier molecular flexibility index (Phi) is 3.63. The van der Waals surface area contributed by atoms with Crippen molar-refractivity contribution < 1.29 is 0 Å². The van der Waals surface area contributed by atoms with E-state index in [1.165, 1.54) is 0 Å². The number of imidazole rings is 1. The van der Waals surface area contributed by atoms with Gasteiger partial charge in [0.25, 0.3) is 0 Å². The number of nitrogens with one attached hydrogen (secondary N) is 2. The van der Waals surface area contributed by atoms with Crippen molar-refractivity contribution >= 4 is 23.1 Å². The zero-order chi connectivity index (χ0) is 15.8. The molecule has 2 unspecified atom stereocenters. The SMILES string of the molecule is CC1CNCC1Nc1cncc(-c2cnc3cc(Cl)ccn23)n1. The van der Waals surface area contributed by atoms with Crippen molar-refractivity contribution in [2.45, 2.75) is 13.0 Å². The first-order chi connectivity index (χ1) is 11.2. The maximum atomic E-state index is 6.01. The van der Waals surface area contributed by atoms with Crippen LogP contribution < -0.4 is 10.6 Å². The maximum Gasteiger partial charge on any atom is 0.145 e. The van der Waals surface area contributed by atoms with Crippen LogP contribution in [0.25, 0.3) is 17.0 Å². The Labute approximate surface area is 138 Å². The van der Waals surface area contributed by atoms with Crippen LogP contribution >= 0.6 is 11.6 Å². The molecule has 6 nitrogen and oxygen atoms in total. The van der Waals surface area contributed by atoms with Crippen molar-refractivity contribution in [3.05, 3.63) is 41.9 Å². The largest absolute Gasteiger partial charge is 0.364 e. The summed E-state index contributed by atoms with van der Waals surface area (Å²) in [6.45, 7) is 4.20. The first-order valence-corrected chi connectivity index (χ1v) is 8.01. The Bertz CT molecular complexity index is 845. The smallest absolute Gasteiger partial charge is 0.145 e. The minimum Gasteiger partial charge on any atom is -0.364 e. The van der Waals surface area contributed by atoms with Crippen LogP contribution in [0.2, 0.25) is 5.02 Å². The number of anilines is 1. The molecule has 0 aromatic carbocycles. The Hall–Kier alpha value is -2.18. The predicted octanol–water partition coefficient (Wildman–Crippen LogP) is 2.46. The summed E-state index contributed by atoms with van der Waals surface area (Å²) < 4.78 is 1.96. The van der Waals surface area contributed by atoms with Gasteiger partial charge in [0.2, 0.25) is 0 Å². The zero-order valence-corrected chi connectivity index (χ0v) is 13.5. The van der Waals surface area contributed by atoms with Crippen LogP contribution in [0.3, 0.4) is 0 Å². The first kappa shape index (κ1) is 14.4. The maximum absolute atomic E-state index is 6.01. The third-order valence-corrected chi connectivity index (χ3v) is 4.46. The average Bonchev–Trinajstić information content (AvgIpc) is 3.14. The van der Waals surface area contributed by atoms with Crippen LogP contribution in [0.4, 0.5) is 5.82 Å². The van der Waals surface area contributed by atoms with Gasteiger partial charge in [0.05, 0.1) is 24.3 Å². The van der Waals surface area contributed by atoms with Gasteiger partial charge in [-0.15, -0.1) is 0 Å². The van der Waals surface area contributed by atoms with Gasteiger partial charge in [-0.2, -0.15) is 0 Å². The number of hydrogen-bond donors (Lipinski definition) is 2. The summed E-state index contributed by atoms with van der Waals surface area (Å²) in [5.74, 6) is 1.35. The molecule has 0 saturated carbocycles. The Balaban J connectivity index is 1.67. The number of aromatic nitrogens is 4. The molecular formula is C16H17ClN6. The fraction of sp³-hybridized carbons (Fsp3) is 0.312. The molecule has 3 aromatic heterocycles. The van der Waals surface area contributed by atoms with Gasteiger partial charge in [-0.25, -0.2) is 9.97 Å². The second-order valence-electron chi connectivity index (χ2n) is 5.89. The summed E-state index contributed by atoms with van der Waals surface area (Å²) in [7, 11) is 0. The van der Waals surface area contributed by atoms with Crippen LogP contribution in [-0.2, 0) is 0 Å². The van der Waals surface area contributed by atoms with E-state index in [1.54, 1.807) is 18.6 Å². The zero-order valence-electron chi connectivity index (χ0n) is 12.7. The number of hydrogen-bond acceptors (Lipinski definition) is 5. The molecule has 0 radical (unpaired) electrons. The summed E-state index contributed by atoms with van der Waals surface area (Å²) in [6.07, 6.45) is 7.19. The lowest BCUT2D eigenvalue weighted by Gasteiger charge is -2.16. The highest BCUT2D eigenvalue weighted by atomic mass is 35.5. The summed E-state index contributed by atoms with van der Waals surface area (Å²) in [4.78, 5) is 13.4. The van der Waals surface area contributed by atoms with Crippen LogP contribution in [0, 0.1) is 5.92 Å². The van der Waals surface area contributed by atoms with E-state index in [9.17, 15) is 0 Å². The molecule has 0 bridgehead atoms. The van der Waals surface area contributed by atoms with E-state index in [2.05, 4.69) is 27.5 Å². The van der Waals surface area contributed by atoms with Crippen molar-refractivity contribution in [2.75, 3.05) is 18.4 Å². The monoisotopic (exact) mass is 328 g/mol. The molecule has 1 aliphatic rings. The van der Waals surface area contributed by atoms with Crippen molar-refractivity contribution in [1.82, 2.24) is 24.7 Å². The molecule has 0 spiro atoms. The van der Waals surface area contributed by atoms with Gasteiger partial charge in [0.1, 0.15) is 17.2 Å². The Morgan fingerprint density at radius 3 is 3.04 bits per heavy atom. The predicted molar refractivity (Wildman–Crippen MR) is 90.7 cm³/mol. The molecule has 23 heavy (non-hydrogen) atoms. The van der Waals surface area contributed by atoms with Gasteiger partial charge in [0, 0.05) is 29.9 Å². The number of rotatable bonds is 3. The molecule has 1 aliphatic heterocycles. The molecule has 1 fully saturated rings. The number of fused-ring (bicyclic) bond motifs is 1. The van der Waals surface area contributed by atoms with Gasteiger partial charge in [-0.1, -0.05) is 18.5 Å². The minimum atomic E-state index is 0.376. The van der Waals surface area contributed by atoms with Crippen molar-refractivity contribution in [3.63, 3.8) is 0 Å². The van der Waals surface area contributed by atoms with Crippen molar-refractivity contribution in [2.24, 2.45) is 5.92 Å². The van der Waals surface area contributed by atoms with E-state index in [0.717, 1.165) is 35.9 Å². The van der Waals surface area contributed by atoms with Gasteiger partial charge < -0.3 is 10.6 Å². The molecule has 2 N–H and O–H groups in total. The van der Waals surface area contributed by atoms with Crippen molar-refractivity contribution in [1.29, 1.82) is 0 Å². The van der Waals surface area contributed by atoms with E-state index in [4.69, 9.17) is 16.6 Å². The van der Waals surface area contributed by atoms with Crippen LogP contribution in [0.15, 0.2) is 36.9 Å². The quantitative estimate of drug-likeness (QED) is 0.773. The highest BCUT2D eigenvalue weighted by molar-refractivity contribution is 6.30. The molecule has 0 amide bonds. The molecule has 7 heteroatoms. The fourth-order valence-electron chi connectivity index (χ4n) is 2.90. The van der Waals surface area contributed by atoms with Crippen molar-refractivity contribution in [3.8, 4) is 11.4 Å². The summed E-state index contributed by atoms with van der Waals surface area (Å²) >= 11 is 6.01. The summed E-state index contributed by atoms with van der Waals surface area (Å²) in [6, 6.07) is 4.04. The molecule has 3 aromatic rings. The average molecular weight is 329 g/mol. The number of halogens is 1. The van der Waals surface area contributed by atoms with E-state index >= 15 is 0 Å². The van der Waals surface area contributed by atoms with Gasteiger partial charge in [-0.05, 0) is 18.5 Å². The lowest BCUT2D eigenvalue weighted by atomic mass is 10.1. The third kappa shape index (κ3) is 2.75. The number of nitrogens with zero attached hydrogens (tertiary/aromatic N) is 4. The molecule has 0 aliphatic carbocycles. The molecule has 4 rings (SSSR count). The minimum absolute atomic E-state index is 0.376. The van der Waals surface area contributed by atoms with Crippen LogP contribution in [0.5, 0.6) is 0 Å². The second kappa shape index (κ2) is 5.79. The van der Waals surface area contributed by atoms with E-state index in [1.807, 2.05) is 22.7 Å². The Morgan fingerprint density at radius 2 is 2.22 bits per heavy atom. The Morgan fingerprint density at radius 1 is 1.30 bits per heavy atom. The van der Waals surface area contributed by atoms with E-state index < -0.39 is 0 Å². The summed E-state index contributed by atoms with van der Waals surface area (Å²) in [5, 5.41) is 7.51. The van der Waals surface area contributed by atoms with Gasteiger partial charge in [-0.3, -0.25) is 9.38 Å². The summed E-state index contributed by atoms with van der Waals surface area (Å²) in [5.41, 5.74) is 2.47. The fourth-order valence-corrected chi connectivity index (χ4v) is 3.05. The lowest BCUT2D eigenvalue weighted by molar-refractivity contribution is 0.593. The highest BCUT2D eigenvalue weighted by Gasteiger charge is 2.23. The van der Waals surface area contributed by atoms with Gasteiger partial charge >= 0.3 is 0 Å². The number of pyridine rings is 1. The molecule has 4 heterocycles. The van der Waals surface area contributed by atoms with E-state index in [-0.39, 0.29) is 0 Å². The molecular weight excluding hydrogens is 312 g/mol. The third-order valence-electron chi connectivity index (χ3n) is 4.22. The second-order valence-corrected chi connectivity index (χ2v) is 6.33. The topological polar surface area (TPSA) is 67.1 Å². The molecule has 1 saturated heterocycles. The van der Waals surface area contributed by atoms with E-state index in [0.29, 0.717) is 17.0 Å². The normalized spacial score (nSPS) is 21.0. The standard InChI is InChI=1S/C16H17ClN6/c1-10-5-18-6-12(10)21-15-9-19-7-13(22-15)14-8-20-16-4-11(17)2-3-23(14)16/h2-4,7-10,12,18H,5-6H2,1H3,(H,21,22). The van der Waals surface area contributed by atoms with Crippen LogP contribution in [-0.4, -0.2) is 38.5 Å². The van der Waals surface area contributed by atoms with Crippen LogP contribution in [0.1, 0.15) is 6.92 Å². The van der Waals surface area contributed by atoms with Gasteiger partial charge in [0.15, 0.2) is 0 Å². The molecule has 118 valence electrons. The molecule has 2 atom stereocenters. The highest BCUT2D eigenvalue weighted by Crippen LogP contribution is 2.22.